The van der Waals surface area contributed by atoms with Gasteiger partial charge < -0.3 is 4.43 Å². The molecule has 1 radical (unpaired) electrons. The minimum atomic E-state index is -0.771. The molecule has 0 aliphatic heterocycles. The molecule has 0 rings (SSSR count). The Kier molecular flexibility index (Phi) is 5.55. The monoisotopic (exact) mass is 229 g/mol. The normalized spacial score (nSPS) is 14.0. The van der Waals surface area contributed by atoms with Crippen molar-refractivity contribution in [3.05, 3.63) is 0 Å². The average Bonchev–Trinajstić information content (AvgIpc) is 1.92. The summed E-state index contributed by atoms with van der Waals surface area (Å²) >= 11 is 0. The standard InChI is InChI=1S/C13H29OSi/c1-11(2)9-10-14-15(12(3,4)5)13(6,7)8/h11H,9-10H2,1-8H3. The van der Waals surface area contributed by atoms with Crippen molar-refractivity contribution in [2.45, 2.75) is 71.9 Å². The van der Waals surface area contributed by atoms with E-state index < -0.39 is 9.04 Å². The van der Waals surface area contributed by atoms with Gasteiger partial charge in [-0.3, -0.25) is 0 Å². The number of hydrogen-bond acceptors (Lipinski definition) is 1. The Hall–Kier alpha value is 0.177. The maximum atomic E-state index is 6.18. The third kappa shape index (κ3) is 6.36. The van der Waals surface area contributed by atoms with Crippen LogP contribution in [0.1, 0.15) is 61.8 Å². The summed E-state index contributed by atoms with van der Waals surface area (Å²) in [6.07, 6.45) is 1.18. The van der Waals surface area contributed by atoms with Gasteiger partial charge in [0.2, 0.25) is 9.04 Å². The quantitative estimate of drug-likeness (QED) is 0.638. The van der Waals surface area contributed by atoms with Crippen LogP contribution in [0.3, 0.4) is 0 Å². The van der Waals surface area contributed by atoms with Crippen LogP contribution in [0.4, 0.5) is 0 Å². The topological polar surface area (TPSA) is 9.23 Å². The Morgan fingerprint density at radius 1 is 0.933 bits per heavy atom. The van der Waals surface area contributed by atoms with E-state index in [1.165, 1.54) is 6.42 Å². The van der Waals surface area contributed by atoms with Gasteiger partial charge in [-0.2, -0.15) is 0 Å². The molecule has 0 saturated heterocycles. The summed E-state index contributed by atoms with van der Waals surface area (Å²) in [7, 11) is -0.771. The first-order chi connectivity index (χ1) is 6.55. The third-order valence-electron chi connectivity index (χ3n) is 2.30. The van der Waals surface area contributed by atoms with E-state index in [1.54, 1.807) is 0 Å². The van der Waals surface area contributed by atoms with Gasteiger partial charge in [0.25, 0.3) is 0 Å². The molecule has 0 aliphatic carbocycles. The van der Waals surface area contributed by atoms with Gasteiger partial charge in [0.1, 0.15) is 0 Å². The van der Waals surface area contributed by atoms with E-state index in [9.17, 15) is 0 Å². The molecule has 0 N–H and O–H groups in total. The van der Waals surface area contributed by atoms with Crippen molar-refractivity contribution in [3.8, 4) is 0 Å². The van der Waals surface area contributed by atoms with E-state index in [-0.39, 0.29) is 0 Å². The van der Waals surface area contributed by atoms with Crippen LogP contribution in [0.15, 0.2) is 0 Å². The second-order valence-electron chi connectivity index (χ2n) is 6.86. The van der Waals surface area contributed by atoms with Crippen molar-refractivity contribution < 1.29 is 4.43 Å². The predicted octanol–water partition coefficient (Wildman–Crippen LogP) is 4.64. The maximum Gasteiger partial charge on any atom is 0.222 e. The molecule has 0 aromatic heterocycles. The molecule has 0 bridgehead atoms. The fourth-order valence-electron chi connectivity index (χ4n) is 1.95. The Morgan fingerprint density at radius 2 is 1.33 bits per heavy atom. The van der Waals surface area contributed by atoms with Crippen LogP contribution in [0.25, 0.3) is 0 Å². The molecule has 0 amide bonds. The van der Waals surface area contributed by atoms with E-state index in [0.29, 0.717) is 10.1 Å². The summed E-state index contributed by atoms with van der Waals surface area (Å²) < 4.78 is 6.18. The fraction of sp³-hybridized carbons (Fsp3) is 1.00. The molecule has 1 nitrogen and oxygen atoms in total. The molecule has 0 saturated carbocycles. The average molecular weight is 229 g/mol. The van der Waals surface area contributed by atoms with Crippen LogP contribution in [0, 0.1) is 5.92 Å². The molecular weight excluding hydrogens is 200 g/mol. The first kappa shape index (κ1) is 15.2. The van der Waals surface area contributed by atoms with E-state index in [1.807, 2.05) is 0 Å². The molecule has 15 heavy (non-hydrogen) atoms. The first-order valence-corrected chi connectivity index (χ1v) is 7.46. The Bertz CT molecular complexity index is 160. The largest absolute Gasteiger partial charge is 0.416 e. The maximum absolute atomic E-state index is 6.18. The van der Waals surface area contributed by atoms with E-state index in [0.717, 1.165) is 12.5 Å². The van der Waals surface area contributed by atoms with Gasteiger partial charge in [-0.1, -0.05) is 55.4 Å². The lowest BCUT2D eigenvalue weighted by molar-refractivity contribution is 0.261. The highest BCUT2D eigenvalue weighted by Gasteiger charge is 2.39. The van der Waals surface area contributed by atoms with Crippen LogP contribution < -0.4 is 0 Å². The van der Waals surface area contributed by atoms with Crippen LogP contribution in [0.2, 0.25) is 10.1 Å². The van der Waals surface area contributed by atoms with Crippen LogP contribution in [-0.4, -0.2) is 15.6 Å². The van der Waals surface area contributed by atoms with Gasteiger partial charge in [0, 0.05) is 6.61 Å². The smallest absolute Gasteiger partial charge is 0.222 e. The molecule has 2 heteroatoms. The molecule has 0 aromatic rings. The second kappa shape index (κ2) is 5.49. The van der Waals surface area contributed by atoms with Crippen molar-refractivity contribution in [1.82, 2.24) is 0 Å². The van der Waals surface area contributed by atoms with Crippen molar-refractivity contribution in [1.29, 1.82) is 0 Å². The lowest BCUT2D eigenvalue weighted by atomic mass is 10.2. The predicted molar refractivity (Wildman–Crippen MR) is 70.6 cm³/mol. The molecule has 0 spiro atoms. The first-order valence-electron chi connectivity index (χ1n) is 6.06. The Morgan fingerprint density at radius 3 is 1.60 bits per heavy atom. The molecule has 0 atom stereocenters. The van der Waals surface area contributed by atoms with Gasteiger partial charge in [-0.15, -0.1) is 0 Å². The van der Waals surface area contributed by atoms with Crippen molar-refractivity contribution in [2.75, 3.05) is 6.61 Å². The van der Waals surface area contributed by atoms with Gasteiger partial charge in [-0.25, -0.2) is 0 Å². The van der Waals surface area contributed by atoms with Gasteiger partial charge in [0.05, 0.1) is 0 Å². The lowest BCUT2D eigenvalue weighted by Gasteiger charge is -2.37. The minimum absolute atomic E-state index is 0.319. The highest BCUT2D eigenvalue weighted by Crippen LogP contribution is 2.42. The Balaban J connectivity index is 4.29. The Labute approximate surface area is 98.3 Å². The molecule has 0 fully saturated rings. The zero-order valence-electron chi connectivity index (χ0n) is 11.9. The van der Waals surface area contributed by atoms with Crippen molar-refractivity contribution in [2.24, 2.45) is 5.92 Å². The highest BCUT2D eigenvalue weighted by atomic mass is 28.3. The summed E-state index contributed by atoms with van der Waals surface area (Å²) in [6, 6.07) is 0. The fourth-order valence-corrected chi connectivity index (χ4v) is 5.39. The number of rotatable bonds is 4. The molecule has 0 heterocycles. The van der Waals surface area contributed by atoms with Crippen LogP contribution in [0.5, 0.6) is 0 Å². The molecule has 0 unspecified atom stereocenters. The van der Waals surface area contributed by atoms with Gasteiger partial charge in [-0.05, 0) is 22.4 Å². The van der Waals surface area contributed by atoms with Gasteiger partial charge in [0.15, 0.2) is 0 Å². The minimum Gasteiger partial charge on any atom is -0.416 e. The highest BCUT2D eigenvalue weighted by molar-refractivity contribution is 6.58. The van der Waals surface area contributed by atoms with Crippen LogP contribution in [-0.2, 0) is 4.43 Å². The summed E-state index contributed by atoms with van der Waals surface area (Å²) in [6.45, 7) is 19.3. The zero-order valence-corrected chi connectivity index (χ0v) is 12.9. The molecular formula is C13H29OSi. The summed E-state index contributed by atoms with van der Waals surface area (Å²) in [5, 5.41) is 0.639. The second-order valence-corrected chi connectivity index (χ2v) is 10.8. The van der Waals surface area contributed by atoms with Crippen molar-refractivity contribution in [3.63, 3.8) is 0 Å². The van der Waals surface area contributed by atoms with Crippen LogP contribution >= 0.6 is 0 Å². The zero-order chi connectivity index (χ0) is 12.3. The van der Waals surface area contributed by atoms with E-state index in [2.05, 4.69) is 55.4 Å². The number of hydrogen-bond donors (Lipinski definition) is 0. The SMILES string of the molecule is CC(C)CCO[Si](C(C)(C)C)C(C)(C)C. The third-order valence-corrected chi connectivity index (χ3v) is 5.52. The van der Waals surface area contributed by atoms with E-state index in [4.69, 9.17) is 4.43 Å². The summed E-state index contributed by atoms with van der Waals surface area (Å²) in [5.41, 5.74) is 0. The molecule has 91 valence electrons. The molecule has 0 aliphatic rings. The van der Waals surface area contributed by atoms with E-state index >= 15 is 0 Å². The van der Waals surface area contributed by atoms with Crippen molar-refractivity contribution >= 4 is 9.04 Å². The van der Waals surface area contributed by atoms with Gasteiger partial charge >= 0.3 is 0 Å². The lowest BCUT2D eigenvalue weighted by Crippen LogP contribution is -2.38. The molecule has 0 aromatic carbocycles. The summed E-state index contributed by atoms with van der Waals surface area (Å²) in [4.78, 5) is 0. The summed E-state index contributed by atoms with van der Waals surface area (Å²) in [5.74, 6) is 0.744.